The summed E-state index contributed by atoms with van der Waals surface area (Å²) in [6.07, 6.45) is 7.21. The van der Waals surface area contributed by atoms with Crippen molar-refractivity contribution in [3.63, 3.8) is 0 Å². The summed E-state index contributed by atoms with van der Waals surface area (Å²) in [6.45, 7) is 1.93. The van der Waals surface area contributed by atoms with Crippen LogP contribution in [0.3, 0.4) is 0 Å². The highest BCUT2D eigenvalue weighted by molar-refractivity contribution is 7.98. The summed E-state index contributed by atoms with van der Waals surface area (Å²) in [7, 11) is 1.68. The molecule has 0 amide bonds. The number of rotatable bonds is 4. The molecule has 0 aliphatic carbocycles. The third-order valence-corrected chi connectivity index (χ3v) is 4.42. The van der Waals surface area contributed by atoms with Crippen LogP contribution >= 0.6 is 11.8 Å². The van der Waals surface area contributed by atoms with Crippen molar-refractivity contribution < 1.29 is 4.74 Å². The van der Waals surface area contributed by atoms with Gasteiger partial charge >= 0.3 is 0 Å². The summed E-state index contributed by atoms with van der Waals surface area (Å²) in [5, 5.41) is 1.05. The Bertz CT molecular complexity index is 672. The SMILES string of the molecule is COc1cccc2c(N3CC=C(CSC)CC3)ncnc12. The summed E-state index contributed by atoms with van der Waals surface area (Å²) < 4.78 is 5.40. The zero-order valence-electron chi connectivity index (χ0n) is 12.4. The van der Waals surface area contributed by atoms with Crippen molar-refractivity contribution >= 4 is 28.5 Å². The lowest BCUT2D eigenvalue weighted by atomic mass is 10.1. The van der Waals surface area contributed by atoms with E-state index in [1.54, 1.807) is 13.4 Å². The molecule has 0 radical (unpaired) electrons. The van der Waals surface area contributed by atoms with E-state index < -0.39 is 0 Å². The molecule has 0 spiro atoms. The standard InChI is InChI=1S/C16H19N3OS/c1-20-14-5-3-4-13-15(14)17-11-18-16(13)19-8-6-12(7-9-19)10-21-2/h3-6,11H,7-10H2,1-2H3. The molecule has 4 nitrogen and oxygen atoms in total. The Balaban J connectivity index is 1.95. The minimum absolute atomic E-state index is 0.798. The second-order valence-electron chi connectivity index (χ2n) is 5.05. The average molecular weight is 301 g/mol. The molecule has 1 aliphatic rings. The summed E-state index contributed by atoms with van der Waals surface area (Å²) in [5.41, 5.74) is 2.42. The quantitative estimate of drug-likeness (QED) is 0.811. The van der Waals surface area contributed by atoms with Crippen molar-refractivity contribution in [2.24, 2.45) is 0 Å². The van der Waals surface area contributed by atoms with Crippen molar-refractivity contribution in [2.45, 2.75) is 6.42 Å². The van der Waals surface area contributed by atoms with Gasteiger partial charge in [0.15, 0.2) is 0 Å². The predicted molar refractivity (Wildman–Crippen MR) is 89.4 cm³/mol. The number of methoxy groups -OCH3 is 1. The fraction of sp³-hybridized carbons (Fsp3) is 0.375. The van der Waals surface area contributed by atoms with Crippen LogP contribution in [0.15, 0.2) is 36.2 Å². The Morgan fingerprint density at radius 1 is 1.33 bits per heavy atom. The Morgan fingerprint density at radius 3 is 2.95 bits per heavy atom. The second-order valence-corrected chi connectivity index (χ2v) is 5.91. The molecule has 2 aromatic rings. The Kier molecular flexibility index (Phi) is 4.29. The van der Waals surface area contributed by atoms with Gasteiger partial charge in [-0.1, -0.05) is 17.7 Å². The third kappa shape index (κ3) is 2.83. The maximum atomic E-state index is 5.40. The summed E-state index contributed by atoms with van der Waals surface area (Å²) in [5.74, 6) is 2.93. The van der Waals surface area contributed by atoms with Gasteiger partial charge in [0.1, 0.15) is 23.4 Å². The molecule has 1 aromatic heterocycles. The van der Waals surface area contributed by atoms with Crippen LogP contribution in [0.4, 0.5) is 5.82 Å². The molecule has 3 rings (SSSR count). The summed E-state index contributed by atoms with van der Waals surface area (Å²) >= 11 is 1.88. The number of para-hydroxylation sites is 1. The molecular weight excluding hydrogens is 282 g/mol. The number of anilines is 1. The number of aromatic nitrogens is 2. The Labute approximate surface area is 129 Å². The number of thioether (sulfide) groups is 1. The molecule has 0 atom stereocenters. The van der Waals surface area contributed by atoms with Crippen LogP contribution in [0.1, 0.15) is 6.42 Å². The number of fused-ring (bicyclic) bond motifs is 1. The van der Waals surface area contributed by atoms with E-state index in [-0.39, 0.29) is 0 Å². The zero-order chi connectivity index (χ0) is 14.7. The van der Waals surface area contributed by atoms with Crippen molar-refractivity contribution in [1.29, 1.82) is 0 Å². The van der Waals surface area contributed by atoms with Crippen molar-refractivity contribution in [3.05, 3.63) is 36.2 Å². The first kappa shape index (κ1) is 14.2. The number of ether oxygens (including phenoxy) is 1. The van der Waals surface area contributed by atoms with Gasteiger partial charge in [-0.15, -0.1) is 0 Å². The molecule has 0 bridgehead atoms. The lowest BCUT2D eigenvalue weighted by Gasteiger charge is -2.28. The van der Waals surface area contributed by atoms with Crippen LogP contribution in [0.25, 0.3) is 10.9 Å². The third-order valence-electron chi connectivity index (χ3n) is 3.76. The molecule has 0 fully saturated rings. The van der Waals surface area contributed by atoms with E-state index in [4.69, 9.17) is 4.74 Å². The summed E-state index contributed by atoms with van der Waals surface area (Å²) in [6, 6.07) is 5.99. The Hall–Kier alpha value is -1.75. The smallest absolute Gasteiger partial charge is 0.145 e. The van der Waals surface area contributed by atoms with Gasteiger partial charge in [0.2, 0.25) is 0 Å². The lowest BCUT2D eigenvalue weighted by molar-refractivity contribution is 0.419. The van der Waals surface area contributed by atoms with Crippen LogP contribution in [-0.4, -0.2) is 42.2 Å². The zero-order valence-corrected chi connectivity index (χ0v) is 13.2. The van der Waals surface area contributed by atoms with Crippen LogP contribution in [0.2, 0.25) is 0 Å². The van der Waals surface area contributed by atoms with Gasteiger partial charge in [-0.05, 0) is 24.8 Å². The van der Waals surface area contributed by atoms with E-state index in [0.29, 0.717) is 0 Å². The van der Waals surface area contributed by atoms with E-state index in [0.717, 1.165) is 47.7 Å². The van der Waals surface area contributed by atoms with Crippen molar-refractivity contribution in [2.75, 3.05) is 37.1 Å². The van der Waals surface area contributed by atoms with Crippen molar-refractivity contribution in [1.82, 2.24) is 9.97 Å². The van der Waals surface area contributed by atoms with Gasteiger partial charge in [-0.2, -0.15) is 11.8 Å². The molecule has 5 heteroatoms. The summed E-state index contributed by atoms with van der Waals surface area (Å²) in [4.78, 5) is 11.2. The van der Waals surface area contributed by atoms with E-state index >= 15 is 0 Å². The minimum atomic E-state index is 0.798. The average Bonchev–Trinajstić information content (AvgIpc) is 2.55. The number of hydrogen-bond acceptors (Lipinski definition) is 5. The second kappa shape index (κ2) is 6.35. The van der Waals surface area contributed by atoms with Gasteiger partial charge in [0.25, 0.3) is 0 Å². The molecule has 0 saturated heterocycles. The van der Waals surface area contributed by atoms with Crippen LogP contribution in [-0.2, 0) is 0 Å². The van der Waals surface area contributed by atoms with Crippen LogP contribution < -0.4 is 9.64 Å². The maximum Gasteiger partial charge on any atom is 0.145 e. The normalized spacial score (nSPS) is 15.1. The molecule has 1 aliphatic heterocycles. The molecule has 1 aromatic carbocycles. The number of benzene rings is 1. The highest BCUT2D eigenvalue weighted by Gasteiger charge is 2.17. The van der Waals surface area contributed by atoms with E-state index in [1.807, 2.05) is 23.9 Å². The highest BCUT2D eigenvalue weighted by atomic mass is 32.2. The maximum absolute atomic E-state index is 5.40. The fourth-order valence-electron chi connectivity index (χ4n) is 2.68. The number of nitrogens with zero attached hydrogens (tertiary/aromatic N) is 3. The first-order chi connectivity index (χ1) is 10.3. The monoisotopic (exact) mass is 301 g/mol. The van der Waals surface area contributed by atoms with Gasteiger partial charge in [0, 0.05) is 24.2 Å². The fourth-order valence-corrected chi connectivity index (χ4v) is 3.32. The first-order valence-corrected chi connectivity index (χ1v) is 8.42. The van der Waals surface area contributed by atoms with Gasteiger partial charge in [-0.25, -0.2) is 9.97 Å². The predicted octanol–water partition coefficient (Wildman–Crippen LogP) is 3.14. The van der Waals surface area contributed by atoms with E-state index in [9.17, 15) is 0 Å². The van der Waals surface area contributed by atoms with Gasteiger partial charge < -0.3 is 9.64 Å². The molecule has 0 saturated carbocycles. The molecule has 0 unspecified atom stereocenters. The van der Waals surface area contributed by atoms with Gasteiger partial charge in [-0.3, -0.25) is 0 Å². The van der Waals surface area contributed by atoms with Gasteiger partial charge in [0.05, 0.1) is 7.11 Å². The van der Waals surface area contributed by atoms with Crippen LogP contribution in [0, 0.1) is 0 Å². The molecular formula is C16H19N3OS. The number of hydrogen-bond donors (Lipinski definition) is 0. The topological polar surface area (TPSA) is 38.2 Å². The Morgan fingerprint density at radius 2 is 2.24 bits per heavy atom. The highest BCUT2D eigenvalue weighted by Crippen LogP contribution is 2.30. The molecule has 0 N–H and O–H groups in total. The van der Waals surface area contributed by atoms with Crippen molar-refractivity contribution in [3.8, 4) is 5.75 Å². The largest absolute Gasteiger partial charge is 0.494 e. The van der Waals surface area contributed by atoms with Crippen LogP contribution in [0.5, 0.6) is 5.75 Å². The minimum Gasteiger partial charge on any atom is -0.494 e. The molecule has 21 heavy (non-hydrogen) atoms. The molecule has 110 valence electrons. The lowest BCUT2D eigenvalue weighted by Crippen LogP contribution is -2.30. The first-order valence-electron chi connectivity index (χ1n) is 7.03. The van der Waals surface area contributed by atoms with E-state index in [1.165, 1.54) is 5.57 Å². The molecule has 2 heterocycles. The van der Waals surface area contributed by atoms with E-state index in [2.05, 4.69) is 33.3 Å².